The van der Waals surface area contributed by atoms with Crippen molar-refractivity contribution in [1.82, 2.24) is 0 Å². The van der Waals surface area contributed by atoms with Crippen LogP contribution >= 0.6 is 0 Å². The average Bonchev–Trinajstić information content (AvgIpc) is 2.23. The molecule has 0 amide bonds. The lowest BCUT2D eigenvalue weighted by atomic mass is 9.81. The number of aldehydes is 1. The largest absolute Gasteiger partial charge is 0.303 e. The van der Waals surface area contributed by atoms with Crippen LogP contribution in [0.4, 0.5) is 0 Å². The van der Waals surface area contributed by atoms with Crippen molar-refractivity contribution in [3.63, 3.8) is 0 Å². The highest BCUT2D eigenvalue weighted by atomic mass is 16.1. The number of benzene rings is 1. The van der Waals surface area contributed by atoms with Crippen LogP contribution in [0.1, 0.15) is 28.7 Å². The van der Waals surface area contributed by atoms with Crippen molar-refractivity contribution in [3.8, 4) is 0 Å². The van der Waals surface area contributed by atoms with Crippen LogP contribution in [0.25, 0.3) is 0 Å². The summed E-state index contributed by atoms with van der Waals surface area (Å²) in [6.45, 7) is 4.31. The third-order valence-corrected chi connectivity index (χ3v) is 3.32. The summed E-state index contributed by atoms with van der Waals surface area (Å²) in [6, 6.07) is 4.36. The number of fused-ring (bicyclic) bond motifs is 1. The fourth-order valence-corrected chi connectivity index (χ4v) is 2.37. The molecule has 1 atom stereocenters. The Hall–Kier alpha value is -1.11. The van der Waals surface area contributed by atoms with Gasteiger partial charge in [-0.15, -0.1) is 0 Å². The van der Waals surface area contributed by atoms with Gasteiger partial charge in [0.25, 0.3) is 0 Å². The highest BCUT2D eigenvalue weighted by Crippen LogP contribution is 2.29. The maximum absolute atomic E-state index is 10.8. The smallest absolute Gasteiger partial charge is 0.123 e. The first-order valence-electron chi connectivity index (χ1n) is 5.25. The summed E-state index contributed by atoms with van der Waals surface area (Å²) < 4.78 is 0. The van der Waals surface area contributed by atoms with Crippen molar-refractivity contribution in [2.24, 2.45) is 5.92 Å². The van der Waals surface area contributed by atoms with E-state index in [9.17, 15) is 4.79 Å². The molecule has 0 N–H and O–H groups in total. The zero-order valence-corrected chi connectivity index (χ0v) is 8.84. The van der Waals surface area contributed by atoms with Crippen LogP contribution in [0.3, 0.4) is 0 Å². The van der Waals surface area contributed by atoms with E-state index in [2.05, 4.69) is 26.0 Å². The maximum Gasteiger partial charge on any atom is 0.123 e. The molecule has 0 saturated carbocycles. The first-order chi connectivity index (χ1) is 6.72. The minimum absolute atomic E-state index is 0.253. The molecule has 1 heteroatoms. The van der Waals surface area contributed by atoms with Crippen LogP contribution < -0.4 is 0 Å². The maximum atomic E-state index is 10.8. The average molecular weight is 188 g/mol. The van der Waals surface area contributed by atoms with Crippen molar-refractivity contribution < 1.29 is 4.79 Å². The van der Waals surface area contributed by atoms with E-state index < -0.39 is 0 Å². The molecule has 1 aliphatic rings. The molecular weight excluding hydrogens is 172 g/mol. The van der Waals surface area contributed by atoms with E-state index in [4.69, 9.17) is 0 Å². The van der Waals surface area contributed by atoms with Gasteiger partial charge < -0.3 is 4.79 Å². The van der Waals surface area contributed by atoms with Gasteiger partial charge in [-0.25, -0.2) is 0 Å². The highest BCUT2D eigenvalue weighted by Gasteiger charge is 2.20. The fourth-order valence-electron chi connectivity index (χ4n) is 2.37. The van der Waals surface area contributed by atoms with E-state index in [1.165, 1.54) is 22.3 Å². The number of hydrogen-bond donors (Lipinski definition) is 0. The molecule has 1 unspecified atom stereocenters. The molecule has 1 aromatic carbocycles. The third kappa shape index (κ3) is 1.47. The lowest BCUT2D eigenvalue weighted by Crippen LogP contribution is -2.17. The second-order valence-electron chi connectivity index (χ2n) is 4.30. The molecule has 1 aliphatic carbocycles. The van der Waals surface area contributed by atoms with Crippen molar-refractivity contribution in [1.29, 1.82) is 0 Å². The Balaban J connectivity index is 2.45. The van der Waals surface area contributed by atoms with E-state index in [0.717, 1.165) is 25.5 Å². The standard InChI is InChI=1S/C13H16O/c1-9-3-4-10(2)13-7-11(8-14)5-6-12(9)13/h3-4,8,11H,5-7H2,1-2H3. The van der Waals surface area contributed by atoms with Gasteiger partial charge in [0, 0.05) is 5.92 Å². The topological polar surface area (TPSA) is 17.1 Å². The molecule has 0 fully saturated rings. The van der Waals surface area contributed by atoms with Crippen LogP contribution in [-0.2, 0) is 17.6 Å². The summed E-state index contributed by atoms with van der Waals surface area (Å²) in [5, 5.41) is 0. The molecule has 0 heterocycles. The zero-order valence-electron chi connectivity index (χ0n) is 8.84. The minimum Gasteiger partial charge on any atom is -0.303 e. The van der Waals surface area contributed by atoms with Gasteiger partial charge in [-0.2, -0.15) is 0 Å². The Morgan fingerprint density at radius 2 is 1.86 bits per heavy atom. The quantitative estimate of drug-likeness (QED) is 0.619. The highest BCUT2D eigenvalue weighted by molar-refractivity contribution is 5.57. The van der Waals surface area contributed by atoms with Crippen molar-refractivity contribution in [3.05, 3.63) is 34.4 Å². The molecule has 74 valence electrons. The number of hydrogen-bond acceptors (Lipinski definition) is 1. The minimum atomic E-state index is 0.253. The molecular formula is C13H16O. The molecule has 0 aliphatic heterocycles. The van der Waals surface area contributed by atoms with E-state index >= 15 is 0 Å². The second kappa shape index (κ2) is 3.56. The van der Waals surface area contributed by atoms with Gasteiger partial charge in [0.15, 0.2) is 0 Å². The molecule has 0 spiro atoms. The van der Waals surface area contributed by atoms with Gasteiger partial charge in [0.1, 0.15) is 6.29 Å². The number of carbonyl (C=O) groups is 1. The van der Waals surface area contributed by atoms with Crippen molar-refractivity contribution in [2.75, 3.05) is 0 Å². The lowest BCUT2D eigenvalue weighted by Gasteiger charge is -2.24. The third-order valence-electron chi connectivity index (χ3n) is 3.32. The molecule has 0 aromatic heterocycles. The Kier molecular flexibility index (Phi) is 2.40. The van der Waals surface area contributed by atoms with E-state index in [-0.39, 0.29) is 5.92 Å². The van der Waals surface area contributed by atoms with Crippen LogP contribution in [0.15, 0.2) is 12.1 Å². The molecule has 0 radical (unpaired) electrons. The Morgan fingerprint density at radius 1 is 1.21 bits per heavy atom. The summed E-state index contributed by atoms with van der Waals surface area (Å²) in [7, 11) is 0. The fraction of sp³-hybridized carbons (Fsp3) is 0.462. The predicted molar refractivity (Wildman–Crippen MR) is 57.5 cm³/mol. The van der Waals surface area contributed by atoms with E-state index in [0.29, 0.717) is 0 Å². The van der Waals surface area contributed by atoms with Crippen molar-refractivity contribution >= 4 is 6.29 Å². The molecule has 1 aromatic rings. The molecule has 14 heavy (non-hydrogen) atoms. The van der Waals surface area contributed by atoms with Gasteiger partial charge >= 0.3 is 0 Å². The lowest BCUT2D eigenvalue weighted by molar-refractivity contribution is -0.111. The number of aryl methyl sites for hydroxylation is 2. The zero-order chi connectivity index (χ0) is 10.1. The summed E-state index contributed by atoms with van der Waals surface area (Å²) in [5.74, 6) is 0.253. The molecule has 2 rings (SSSR count). The predicted octanol–water partition coefficient (Wildman–Crippen LogP) is 2.61. The summed E-state index contributed by atoms with van der Waals surface area (Å²) in [6.07, 6.45) is 4.17. The van der Waals surface area contributed by atoms with E-state index in [1.807, 2.05) is 0 Å². The summed E-state index contributed by atoms with van der Waals surface area (Å²) in [5.41, 5.74) is 5.64. The normalized spacial score (nSPS) is 20.3. The Labute approximate surface area is 85.1 Å². The summed E-state index contributed by atoms with van der Waals surface area (Å²) >= 11 is 0. The molecule has 1 nitrogen and oxygen atoms in total. The van der Waals surface area contributed by atoms with Gasteiger partial charge in [-0.3, -0.25) is 0 Å². The van der Waals surface area contributed by atoms with Crippen LogP contribution in [0.5, 0.6) is 0 Å². The number of rotatable bonds is 1. The van der Waals surface area contributed by atoms with Crippen LogP contribution in [-0.4, -0.2) is 6.29 Å². The molecule has 0 bridgehead atoms. The van der Waals surface area contributed by atoms with Gasteiger partial charge in [0.05, 0.1) is 0 Å². The van der Waals surface area contributed by atoms with Crippen molar-refractivity contribution in [2.45, 2.75) is 33.1 Å². The number of carbonyl (C=O) groups excluding carboxylic acids is 1. The first-order valence-corrected chi connectivity index (χ1v) is 5.25. The monoisotopic (exact) mass is 188 g/mol. The van der Waals surface area contributed by atoms with Gasteiger partial charge in [0.2, 0.25) is 0 Å². The SMILES string of the molecule is Cc1ccc(C)c2c1CCC(C=O)C2. The van der Waals surface area contributed by atoms with Gasteiger partial charge in [-0.05, 0) is 55.4 Å². The Bertz CT molecular complexity index is 366. The van der Waals surface area contributed by atoms with E-state index in [1.54, 1.807) is 0 Å². The summed E-state index contributed by atoms with van der Waals surface area (Å²) in [4.78, 5) is 10.8. The first kappa shape index (κ1) is 9.45. The van der Waals surface area contributed by atoms with Gasteiger partial charge in [-0.1, -0.05) is 12.1 Å². The Morgan fingerprint density at radius 3 is 2.50 bits per heavy atom. The van der Waals surface area contributed by atoms with Crippen LogP contribution in [0, 0.1) is 19.8 Å². The second-order valence-corrected chi connectivity index (χ2v) is 4.30. The molecule has 0 saturated heterocycles. The van der Waals surface area contributed by atoms with Crippen LogP contribution in [0.2, 0.25) is 0 Å².